The molecule has 1 aromatic rings. The summed E-state index contributed by atoms with van der Waals surface area (Å²) in [5.41, 5.74) is 0.801. The van der Waals surface area contributed by atoms with E-state index in [9.17, 15) is 4.79 Å². The SMILES string of the molecule is O=C(c1ccccc1)N(CCN1CCCC1)C1CCOCC1. The van der Waals surface area contributed by atoms with Crippen molar-refractivity contribution in [2.75, 3.05) is 39.4 Å². The molecule has 2 aliphatic heterocycles. The van der Waals surface area contributed by atoms with E-state index in [1.807, 2.05) is 30.3 Å². The van der Waals surface area contributed by atoms with E-state index >= 15 is 0 Å². The van der Waals surface area contributed by atoms with Gasteiger partial charge in [0.1, 0.15) is 0 Å². The average molecular weight is 302 g/mol. The Labute approximate surface area is 133 Å². The van der Waals surface area contributed by atoms with Crippen LogP contribution in [0.4, 0.5) is 0 Å². The number of rotatable bonds is 5. The van der Waals surface area contributed by atoms with Crippen LogP contribution in [-0.2, 0) is 4.74 Å². The monoisotopic (exact) mass is 302 g/mol. The van der Waals surface area contributed by atoms with E-state index < -0.39 is 0 Å². The predicted octanol–water partition coefficient (Wildman–Crippen LogP) is 2.40. The fourth-order valence-electron chi connectivity index (χ4n) is 3.45. The van der Waals surface area contributed by atoms with Crippen LogP contribution in [0.3, 0.4) is 0 Å². The average Bonchev–Trinajstić information content (AvgIpc) is 3.10. The number of carbonyl (C=O) groups is 1. The summed E-state index contributed by atoms with van der Waals surface area (Å²) in [6.45, 7) is 5.73. The van der Waals surface area contributed by atoms with Gasteiger partial charge in [0, 0.05) is 37.9 Å². The second kappa shape index (κ2) is 7.75. The zero-order valence-corrected chi connectivity index (χ0v) is 13.2. The van der Waals surface area contributed by atoms with E-state index in [4.69, 9.17) is 4.74 Å². The maximum absolute atomic E-state index is 12.9. The molecule has 0 atom stereocenters. The van der Waals surface area contributed by atoms with Gasteiger partial charge in [0.25, 0.3) is 5.91 Å². The van der Waals surface area contributed by atoms with Gasteiger partial charge in [-0.2, -0.15) is 0 Å². The Morgan fingerprint density at radius 1 is 1.14 bits per heavy atom. The van der Waals surface area contributed by atoms with E-state index in [0.29, 0.717) is 6.04 Å². The number of ether oxygens (including phenoxy) is 1. The van der Waals surface area contributed by atoms with Crippen molar-refractivity contribution in [3.63, 3.8) is 0 Å². The van der Waals surface area contributed by atoms with Crippen LogP contribution in [0.25, 0.3) is 0 Å². The summed E-state index contributed by atoms with van der Waals surface area (Å²) in [4.78, 5) is 17.5. The highest BCUT2D eigenvalue weighted by Gasteiger charge is 2.27. The Morgan fingerprint density at radius 3 is 2.50 bits per heavy atom. The van der Waals surface area contributed by atoms with Crippen molar-refractivity contribution >= 4 is 5.91 Å². The third-order valence-electron chi connectivity index (χ3n) is 4.77. The molecule has 0 aromatic heterocycles. The zero-order chi connectivity index (χ0) is 15.2. The van der Waals surface area contributed by atoms with Crippen LogP contribution in [0.5, 0.6) is 0 Å². The molecule has 0 spiro atoms. The Morgan fingerprint density at radius 2 is 1.82 bits per heavy atom. The molecule has 0 unspecified atom stereocenters. The molecule has 3 rings (SSSR count). The lowest BCUT2D eigenvalue weighted by Crippen LogP contribution is -2.46. The molecular weight excluding hydrogens is 276 g/mol. The van der Waals surface area contributed by atoms with Crippen LogP contribution in [0, 0.1) is 0 Å². The van der Waals surface area contributed by atoms with E-state index in [1.165, 1.54) is 25.9 Å². The van der Waals surface area contributed by atoms with Crippen LogP contribution < -0.4 is 0 Å². The summed E-state index contributed by atoms with van der Waals surface area (Å²) in [5.74, 6) is 0.173. The van der Waals surface area contributed by atoms with Gasteiger partial charge in [-0.05, 0) is 50.9 Å². The Bertz CT molecular complexity index is 465. The molecule has 2 heterocycles. The van der Waals surface area contributed by atoms with Gasteiger partial charge >= 0.3 is 0 Å². The second-order valence-corrected chi connectivity index (χ2v) is 6.26. The van der Waals surface area contributed by atoms with Crippen LogP contribution in [-0.4, -0.2) is 61.1 Å². The van der Waals surface area contributed by atoms with Crippen molar-refractivity contribution in [1.29, 1.82) is 0 Å². The van der Waals surface area contributed by atoms with Crippen molar-refractivity contribution in [3.05, 3.63) is 35.9 Å². The van der Waals surface area contributed by atoms with E-state index in [0.717, 1.165) is 44.7 Å². The standard InChI is InChI=1S/C18H26N2O2/c21-18(16-6-2-1-3-7-16)20(17-8-14-22-15-9-17)13-12-19-10-4-5-11-19/h1-3,6-7,17H,4-5,8-15H2. The lowest BCUT2D eigenvalue weighted by molar-refractivity contribution is 0.0270. The molecule has 120 valence electrons. The van der Waals surface area contributed by atoms with Crippen molar-refractivity contribution < 1.29 is 9.53 Å². The minimum atomic E-state index is 0.173. The van der Waals surface area contributed by atoms with Gasteiger partial charge in [-0.25, -0.2) is 0 Å². The van der Waals surface area contributed by atoms with Crippen LogP contribution >= 0.6 is 0 Å². The van der Waals surface area contributed by atoms with Gasteiger partial charge in [0.15, 0.2) is 0 Å². The quantitative estimate of drug-likeness (QED) is 0.837. The number of amides is 1. The molecule has 0 bridgehead atoms. The summed E-state index contributed by atoms with van der Waals surface area (Å²) in [6.07, 6.45) is 4.50. The maximum atomic E-state index is 12.9. The summed E-state index contributed by atoms with van der Waals surface area (Å²) in [6, 6.07) is 10.0. The number of carbonyl (C=O) groups excluding carboxylic acids is 1. The van der Waals surface area contributed by atoms with Crippen LogP contribution in [0.15, 0.2) is 30.3 Å². The Hall–Kier alpha value is -1.39. The molecule has 4 nitrogen and oxygen atoms in total. The van der Waals surface area contributed by atoms with Crippen molar-refractivity contribution in [2.24, 2.45) is 0 Å². The summed E-state index contributed by atoms with van der Waals surface area (Å²) in [7, 11) is 0. The summed E-state index contributed by atoms with van der Waals surface area (Å²) >= 11 is 0. The number of hydrogen-bond donors (Lipinski definition) is 0. The predicted molar refractivity (Wildman–Crippen MR) is 87.0 cm³/mol. The smallest absolute Gasteiger partial charge is 0.254 e. The molecule has 0 saturated carbocycles. The number of benzene rings is 1. The molecule has 0 aliphatic carbocycles. The molecule has 22 heavy (non-hydrogen) atoms. The molecular formula is C18H26N2O2. The zero-order valence-electron chi connectivity index (χ0n) is 13.2. The Balaban J connectivity index is 1.68. The van der Waals surface area contributed by atoms with Gasteiger partial charge < -0.3 is 14.5 Å². The van der Waals surface area contributed by atoms with E-state index in [-0.39, 0.29) is 5.91 Å². The molecule has 2 aliphatic rings. The molecule has 2 fully saturated rings. The Kier molecular flexibility index (Phi) is 5.46. The van der Waals surface area contributed by atoms with Gasteiger partial charge in [-0.1, -0.05) is 18.2 Å². The first-order valence-corrected chi connectivity index (χ1v) is 8.51. The summed E-state index contributed by atoms with van der Waals surface area (Å²) in [5, 5.41) is 0. The third-order valence-corrected chi connectivity index (χ3v) is 4.77. The van der Waals surface area contributed by atoms with E-state index in [1.54, 1.807) is 0 Å². The largest absolute Gasteiger partial charge is 0.381 e. The molecule has 2 saturated heterocycles. The fraction of sp³-hybridized carbons (Fsp3) is 0.611. The first-order valence-electron chi connectivity index (χ1n) is 8.51. The lowest BCUT2D eigenvalue weighted by atomic mass is 10.1. The van der Waals surface area contributed by atoms with Crippen molar-refractivity contribution in [1.82, 2.24) is 9.80 Å². The third kappa shape index (κ3) is 3.87. The van der Waals surface area contributed by atoms with Gasteiger partial charge in [0.2, 0.25) is 0 Å². The van der Waals surface area contributed by atoms with Crippen molar-refractivity contribution in [3.8, 4) is 0 Å². The maximum Gasteiger partial charge on any atom is 0.254 e. The number of hydrogen-bond acceptors (Lipinski definition) is 3. The normalized spacial score (nSPS) is 20.2. The highest BCUT2D eigenvalue weighted by Crippen LogP contribution is 2.18. The highest BCUT2D eigenvalue weighted by atomic mass is 16.5. The highest BCUT2D eigenvalue weighted by molar-refractivity contribution is 5.94. The minimum absolute atomic E-state index is 0.173. The van der Waals surface area contributed by atoms with Crippen LogP contribution in [0.1, 0.15) is 36.0 Å². The number of nitrogens with zero attached hydrogens (tertiary/aromatic N) is 2. The van der Waals surface area contributed by atoms with Crippen LogP contribution in [0.2, 0.25) is 0 Å². The molecule has 1 amide bonds. The van der Waals surface area contributed by atoms with Gasteiger partial charge in [-0.15, -0.1) is 0 Å². The molecule has 0 N–H and O–H groups in total. The van der Waals surface area contributed by atoms with E-state index in [2.05, 4.69) is 9.80 Å². The van der Waals surface area contributed by atoms with Gasteiger partial charge in [0.05, 0.1) is 0 Å². The topological polar surface area (TPSA) is 32.8 Å². The first-order chi connectivity index (χ1) is 10.8. The second-order valence-electron chi connectivity index (χ2n) is 6.26. The van der Waals surface area contributed by atoms with Crippen molar-refractivity contribution in [2.45, 2.75) is 31.7 Å². The molecule has 0 radical (unpaired) electrons. The number of likely N-dealkylation sites (tertiary alicyclic amines) is 1. The minimum Gasteiger partial charge on any atom is -0.381 e. The lowest BCUT2D eigenvalue weighted by Gasteiger charge is -2.35. The first kappa shape index (κ1) is 15.5. The molecule has 4 heteroatoms. The summed E-state index contributed by atoms with van der Waals surface area (Å²) < 4.78 is 5.46. The fourth-order valence-corrected chi connectivity index (χ4v) is 3.45. The molecule has 1 aromatic carbocycles. The van der Waals surface area contributed by atoms with Gasteiger partial charge in [-0.3, -0.25) is 4.79 Å².